The van der Waals surface area contributed by atoms with Gasteiger partial charge in [0.2, 0.25) is 0 Å². The van der Waals surface area contributed by atoms with Crippen LogP contribution >= 0.6 is 0 Å². The topological polar surface area (TPSA) is 47.6 Å². The predicted molar refractivity (Wildman–Crippen MR) is 65.5 cm³/mol. The number of carbonyl (C=O) groups excluding carboxylic acids is 1. The molecule has 0 saturated heterocycles. The van der Waals surface area contributed by atoms with E-state index in [2.05, 4.69) is 5.48 Å². The zero-order chi connectivity index (χ0) is 12.9. The van der Waals surface area contributed by atoms with E-state index in [-0.39, 0.29) is 5.97 Å². The summed E-state index contributed by atoms with van der Waals surface area (Å²) in [5.41, 5.74) is 3.87. The SMILES string of the molecule is CONCc1ccc(C(=O)OC(C)(C)C)cc1. The maximum Gasteiger partial charge on any atom is 0.338 e. The Labute approximate surface area is 102 Å². The molecule has 0 radical (unpaired) electrons. The van der Waals surface area contributed by atoms with E-state index in [0.717, 1.165) is 5.56 Å². The monoisotopic (exact) mass is 237 g/mol. The number of hydroxylamine groups is 1. The fourth-order valence-electron chi connectivity index (χ4n) is 1.25. The van der Waals surface area contributed by atoms with E-state index in [0.29, 0.717) is 12.1 Å². The van der Waals surface area contributed by atoms with Gasteiger partial charge in [-0.1, -0.05) is 12.1 Å². The van der Waals surface area contributed by atoms with Gasteiger partial charge in [-0.25, -0.2) is 4.79 Å². The van der Waals surface area contributed by atoms with Crippen LogP contribution in [0, 0.1) is 0 Å². The zero-order valence-electron chi connectivity index (χ0n) is 10.7. The average Bonchev–Trinajstić information content (AvgIpc) is 2.24. The summed E-state index contributed by atoms with van der Waals surface area (Å²) >= 11 is 0. The van der Waals surface area contributed by atoms with E-state index in [1.165, 1.54) is 0 Å². The summed E-state index contributed by atoms with van der Waals surface area (Å²) in [6, 6.07) is 7.23. The molecule has 1 N–H and O–H groups in total. The molecule has 4 heteroatoms. The lowest BCUT2D eigenvalue weighted by Gasteiger charge is -2.19. The van der Waals surface area contributed by atoms with Gasteiger partial charge in [0, 0.05) is 6.54 Å². The van der Waals surface area contributed by atoms with Crippen LogP contribution in [0.5, 0.6) is 0 Å². The molecule has 0 aliphatic heterocycles. The summed E-state index contributed by atoms with van der Waals surface area (Å²) in [6.07, 6.45) is 0. The Morgan fingerprint density at radius 1 is 1.24 bits per heavy atom. The number of hydrogen-bond donors (Lipinski definition) is 1. The minimum atomic E-state index is -0.465. The van der Waals surface area contributed by atoms with Gasteiger partial charge < -0.3 is 9.57 Å². The molecule has 94 valence electrons. The highest BCUT2D eigenvalue weighted by atomic mass is 16.6. The van der Waals surface area contributed by atoms with Crippen molar-refractivity contribution >= 4 is 5.97 Å². The van der Waals surface area contributed by atoms with Crippen molar-refractivity contribution < 1.29 is 14.4 Å². The lowest BCUT2D eigenvalue weighted by atomic mass is 10.1. The number of carbonyl (C=O) groups is 1. The third-order valence-corrected chi connectivity index (χ3v) is 2.01. The van der Waals surface area contributed by atoms with Crippen LogP contribution in [0.3, 0.4) is 0 Å². The first-order valence-corrected chi connectivity index (χ1v) is 5.50. The van der Waals surface area contributed by atoms with E-state index >= 15 is 0 Å². The first kappa shape index (κ1) is 13.7. The van der Waals surface area contributed by atoms with Crippen molar-refractivity contribution in [2.24, 2.45) is 0 Å². The second-order valence-corrected chi connectivity index (χ2v) is 4.72. The number of benzene rings is 1. The van der Waals surface area contributed by atoms with Crippen molar-refractivity contribution in [3.05, 3.63) is 35.4 Å². The van der Waals surface area contributed by atoms with Crippen LogP contribution in [0.25, 0.3) is 0 Å². The van der Waals surface area contributed by atoms with Crippen LogP contribution in [0.15, 0.2) is 24.3 Å². The van der Waals surface area contributed by atoms with Crippen molar-refractivity contribution in [2.45, 2.75) is 32.9 Å². The molecular formula is C13H19NO3. The Morgan fingerprint density at radius 2 is 1.82 bits per heavy atom. The summed E-state index contributed by atoms with van der Waals surface area (Å²) < 4.78 is 5.27. The smallest absolute Gasteiger partial charge is 0.338 e. The van der Waals surface area contributed by atoms with Gasteiger partial charge in [-0.3, -0.25) is 0 Å². The molecule has 0 atom stereocenters. The van der Waals surface area contributed by atoms with Gasteiger partial charge in [0.15, 0.2) is 0 Å². The molecule has 0 aliphatic carbocycles. The second-order valence-electron chi connectivity index (χ2n) is 4.72. The predicted octanol–water partition coefficient (Wildman–Crippen LogP) is 2.29. The number of rotatable bonds is 4. The van der Waals surface area contributed by atoms with Crippen LogP contribution in [-0.2, 0) is 16.1 Å². The maximum absolute atomic E-state index is 11.7. The lowest BCUT2D eigenvalue weighted by molar-refractivity contribution is 0.00695. The molecule has 0 saturated carbocycles. The number of ether oxygens (including phenoxy) is 1. The Balaban J connectivity index is 2.64. The number of nitrogens with one attached hydrogen (secondary N) is 1. The van der Waals surface area contributed by atoms with E-state index in [4.69, 9.17) is 9.57 Å². The van der Waals surface area contributed by atoms with Gasteiger partial charge in [-0.15, -0.1) is 0 Å². The molecule has 0 bridgehead atoms. The quantitative estimate of drug-likeness (QED) is 0.644. The van der Waals surface area contributed by atoms with Crippen molar-refractivity contribution in [3.63, 3.8) is 0 Å². The Bertz CT molecular complexity index is 365. The molecular weight excluding hydrogens is 218 g/mol. The molecule has 0 heterocycles. The summed E-state index contributed by atoms with van der Waals surface area (Å²) in [5, 5.41) is 0. The molecule has 1 aromatic rings. The molecule has 0 aliphatic rings. The third-order valence-electron chi connectivity index (χ3n) is 2.01. The van der Waals surface area contributed by atoms with Gasteiger partial charge in [0.25, 0.3) is 0 Å². The van der Waals surface area contributed by atoms with Crippen molar-refractivity contribution in [1.82, 2.24) is 5.48 Å². The van der Waals surface area contributed by atoms with Gasteiger partial charge in [-0.2, -0.15) is 5.48 Å². The van der Waals surface area contributed by atoms with E-state index < -0.39 is 5.60 Å². The molecule has 0 fully saturated rings. The van der Waals surface area contributed by atoms with E-state index in [1.807, 2.05) is 32.9 Å². The highest BCUT2D eigenvalue weighted by molar-refractivity contribution is 5.89. The fourth-order valence-corrected chi connectivity index (χ4v) is 1.25. The summed E-state index contributed by atoms with van der Waals surface area (Å²) in [4.78, 5) is 16.5. The molecule has 4 nitrogen and oxygen atoms in total. The fraction of sp³-hybridized carbons (Fsp3) is 0.462. The molecule has 17 heavy (non-hydrogen) atoms. The second kappa shape index (κ2) is 5.80. The Kier molecular flexibility index (Phi) is 4.66. The Hall–Kier alpha value is -1.39. The molecule has 0 amide bonds. The molecule has 1 rings (SSSR count). The first-order chi connectivity index (χ1) is 7.92. The van der Waals surface area contributed by atoms with Gasteiger partial charge in [-0.05, 0) is 38.5 Å². The summed E-state index contributed by atoms with van der Waals surface area (Å²) in [7, 11) is 1.56. The zero-order valence-corrected chi connectivity index (χ0v) is 10.7. The average molecular weight is 237 g/mol. The minimum absolute atomic E-state index is 0.302. The van der Waals surface area contributed by atoms with Crippen LogP contribution in [-0.4, -0.2) is 18.7 Å². The normalized spacial score (nSPS) is 11.3. The minimum Gasteiger partial charge on any atom is -0.456 e. The van der Waals surface area contributed by atoms with Gasteiger partial charge in [0.05, 0.1) is 12.7 Å². The first-order valence-electron chi connectivity index (χ1n) is 5.50. The van der Waals surface area contributed by atoms with Gasteiger partial charge in [0.1, 0.15) is 5.60 Å². The van der Waals surface area contributed by atoms with Crippen LogP contribution < -0.4 is 5.48 Å². The summed E-state index contributed by atoms with van der Waals surface area (Å²) in [6.45, 7) is 6.15. The number of esters is 1. The van der Waals surface area contributed by atoms with Crippen molar-refractivity contribution in [2.75, 3.05) is 7.11 Å². The number of hydrogen-bond acceptors (Lipinski definition) is 4. The van der Waals surface area contributed by atoms with Crippen LogP contribution in [0.1, 0.15) is 36.7 Å². The van der Waals surface area contributed by atoms with E-state index in [9.17, 15) is 4.79 Å². The lowest BCUT2D eigenvalue weighted by Crippen LogP contribution is -2.23. The standard InChI is InChI=1S/C13H19NO3/c1-13(2,3)17-12(15)11-7-5-10(6-8-11)9-14-16-4/h5-8,14H,9H2,1-4H3. The van der Waals surface area contributed by atoms with Crippen molar-refractivity contribution in [3.8, 4) is 0 Å². The summed E-state index contributed by atoms with van der Waals surface area (Å²) in [5.74, 6) is -0.302. The molecule has 0 unspecified atom stereocenters. The molecule has 0 spiro atoms. The largest absolute Gasteiger partial charge is 0.456 e. The third kappa shape index (κ3) is 4.97. The molecule has 0 aromatic heterocycles. The Morgan fingerprint density at radius 3 is 2.29 bits per heavy atom. The highest BCUT2D eigenvalue weighted by Crippen LogP contribution is 2.12. The highest BCUT2D eigenvalue weighted by Gasteiger charge is 2.17. The van der Waals surface area contributed by atoms with E-state index in [1.54, 1.807) is 19.2 Å². The maximum atomic E-state index is 11.7. The van der Waals surface area contributed by atoms with Crippen LogP contribution in [0.2, 0.25) is 0 Å². The van der Waals surface area contributed by atoms with Crippen LogP contribution in [0.4, 0.5) is 0 Å². The molecule has 1 aromatic carbocycles. The van der Waals surface area contributed by atoms with Crippen molar-refractivity contribution in [1.29, 1.82) is 0 Å². The van der Waals surface area contributed by atoms with Gasteiger partial charge >= 0.3 is 5.97 Å².